The molecule has 0 aliphatic rings. The molecular formula is C12H8BrFN2O2S. The van der Waals surface area contributed by atoms with Crippen LogP contribution in [0, 0.1) is 12.7 Å². The number of aromatic carboxylic acids is 1. The van der Waals surface area contributed by atoms with Gasteiger partial charge in [0.1, 0.15) is 11.4 Å². The standard InChI is InChI=1S/C12H8BrFN2O2S/c1-6-10(14)11(16-5-15-6)19-7-2-3-9(13)8(4-7)12(17)18/h2-5H,1H3,(H,17,18). The van der Waals surface area contributed by atoms with E-state index >= 15 is 0 Å². The minimum Gasteiger partial charge on any atom is -0.478 e. The van der Waals surface area contributed by atoms with Crippen molar-refractivity contribution in [3.8, 4) is 0 Å². The lowest BCUT2D eigenvalue weighted by Gasteiger charge is -2.05. The predicted octanol–water partition coefficient (Wildman–Crippen LogP) is 3.54. The van der Waals surface area contributed by atoms with Gasteiger partial charge < -0.3 is 5.11 Å². The maximum absolute atomic E-state index is 13.8. The first-order chi connectivity index (χ1) is 8.99. The van der Waals surface area contributed by atoms with E-state index in [9.17, 15) is 9.18 Å². The minimum absolute atomic E-state index is 0.121. The number of carbonyl (C=O) groups is 1. The van der Waals surface area contributed by atoms with Crippen LogP contribution in [0.2, 0.25) is 0 Å². The fourth-order valence-corrected chi connectivity index (χ4v) is 2.64. The average Bonchev–Trinajstić information content (AvgIpc) is 2.37. The Bertz CT molecular complexity index is 652. The van der Waals surface area contributed by atoms with E-state index in [0.717, 1.165) is 11.8 Å². The van der Waals surface area contributed by atoms with Gasteiger partial charge in [0, 0.05) is 9.37 Å². The van der Waals surface area contributed by atoms with Gasteiger partial charge >= 0.3 is 5.97 Å². The summed E-state index contributed by atoms with van der Waals surface area (Å²) >= 11 is 4.21. The zero-order valence-corrected chi connectivity index (χ0v) is 12.1. The largest absolute Gasteiger partial charge is 0.478 e. The molecule has 0 bridgehead atoms. The number of benzene rings is 1. The summed E-state index contributed by atoms with van der Waals surface area (Å²) in [6.45, 7) is 1.55. The highest BCUT2D eigenvalue weighted by Crippen LogP contribution is 2.31. The van der Waals surface area contributed by atoms with Crippen LogP contribution in [0.5, 0.6) is 0 Å². The van der Waals surface area contributed by atoms with Crippen molar-refractivity contribution in [1.29, 1.82) is 0 Å². The molecule has 0 fully saturated rings. The summed E-state index contributed by atoms with van der Waals surface area (Å²) in [7, 11) is 0. The number of rotatable bonds is 3. The molecule has 0 aliphatic heterocycles. The number of halogens is 2. The highest BCUT2D eigenvalue weighted by atomic mass is 79.9. The fraction of sp³-hybridized carbons (Fsp3) is 0.0833. The summed E-state index contributed by atoms with van der Waals surface area (Å²) in [4.78, 5) is 19.2. The van der Waals surface area contributed by atoms with E-state index in [1.807, 2.05) is 0 Å². The summed E-state index contributed by atoms with van der Waals surface area (Å²) in [6, 6.07) is 4.77. The zero-order valence-electron chi connectivity index (χ0n) is 9.72. The van der Waals surface area contributed by atoms with Crippen molar-refractivity contribution in [2.75, 3.05) is 0 Å². The summed E-state index contributed by atoms with van der Waals surface area (Å²) < 4.78 is 14.2. The van der Waals surface area contributed by atoms with Gasteiger partial charge in [0.2, 0.25) is 0 Å². The number of hydrogen-bond acceptors (Lipinski definition) is 4. The van der Waals surface area contributed by atoms with Gasteiger partial charge in [-0.15, -0.1) is 0 Å². The molecule has 7 heteroatoms. The third-order valence-corrected chi connectivity index (χ3v) is 3.97. The number of carboxylic acids is 1. The van der Waals surface area contributed by atoms with Crippen molar-refractivity contribution in [2.24, 2.45) is 0 Å². The smallest absolute Gasteiger partial charge is 0.336 e. The minimum atomic E-state index is -1.05. The Kier molecular flexibility index (Phi) is 4.16. The van der Waals surface area contributed by atoms with Crippen LogP contribution in [0.4, 0.5) is 4.39 Å². The molecule has 1 aromatic carbocycles. The van der Waals surface area contributed by atoms with E-state index in [-0.39, 0.29) is 16.3 Å². The summed E-state index contributed by atoms with van der Waals surface area (Å²) in [6.07, 6.45) is 1.28. The molecule has 0 atom stereocenters. The van der Waals surface area contributed by atoms with Crippen LogP contribution >= 0.6 is 27.7 Å². The Morgan fingerprint density at radius 1 is 1.42 bits per heavy atom. The number of aryl methyl sites for hydroxylation is 1. The lowest BCUT2D eigenvalue weighted by molar-refractivity contribution is 0.0695. The van der Waals surface area contributed by atoms with Crippen LogP contribution < -0.4 is 0 Å². The molecule has 1 N–H and O–H groups in total. The van der Waals surface area contributed by atoms with Crippen LogP contribution in [0.3, 0.4) is 0 Å². The second-order valence-corrected chi connectivity index (χ2v) is 5.54. The molecule has 1 heterocycles. The quantitative estimate of drug-likeness (QED) is 0.864. The third-order valence-electron chi connectivity index (χ3n) is 2.31. The number of aromatic nitrogens is 2. The SMILES string of the molecule is Cc1ncnc(Sc2ccc(Br)c(C(=O)O)c2)c1F. The Hall–Kier alpha value is -1.47. The van der Waals surface area contributed by atoms with Crippen molar-refractivity contribution in [3.63, 3.8) is 0 Å². The second kappa shape index (κ2) is 5.66. The van der Waals surface area contributed by atoms with Crippen LogP contribution in [-0.4, -0.2) is 21.0 Å². The monoisotopic (exact) mass is 342 g/mol. The third kappa shape index (κ3) is 3.10. The molecule has 1 aromatic heterocycles. The fourth-order valence-electron chi connectivity index (χ4n) is 1.35. The van der Waals surface area contributed by atoms with Gasteiger partial charge in [-0.2, -0.15) is 0 Å². The van der Waals surface area contributed by atoms with E-state index in [2.05, 4.69) is 25.9 Å². The first kappa shape index (κ1) is 14.0. The van der Waals surface area contributed by atoms with Gasteiger partial charge in [-0.1, -0.05) is 11.8 Å². The molecule has 0 saturated heterocycles. The maximum atomic E-state index is 13.8. The molecule has 0 amide bonds. The Labute approximate surface area is 121 Å². The molecule has 0 saturated carbocycles. The lowest BCUT2D eigenvalue weighted by Crippen LogP contribution is -1.98. The molecule has 2 aromatic rings. The Morgan fingerprint density at radius 2 is 2.16 bits per heavy atom. The van der Waals surface area contributed by atoms with Gasteiger partial charge in [0.05, 0.1) is 11.3 Å². The zero-order chi connectivity index (χ0) is 14.0. The van der Waals surface area contributed by atoms with Gasteiger partial charge in [-0.25, -0.2) is 19.2 Å². The number of carboxylic acid groups (broad SMARTS) is 1. The number of nitrogens with zero attached hydrogens (tertiary/aromatic N) is 2. The van der Waals surface area contributed by atoms with E-state index in [4.69, 9.17) is 5.11 Å². The summed E-state index contributed by atoms with van der Waals surface area (Å²) in [5, 5.41) is 9.19. The van der Waals surface area contributed by atoms with Crippen molar-refractivity contribution in [2.45, 2.75) is 16.8 Å². The van der Waals surface area contributed by atoms with E-state index in [1.54, 1.807) is 19.1 Å². The Morgan fingerprint density at radius 3 is 2.84 bits per heavy atom. The van der Waals surface area contributed by atoms with Crippen molar-refractivity contribution in [1.82, 2.24) is 9.97 Å². The van der Waals surface area contributed by atoms with Gasteiger partial charge in [0.25, 0.3) is 0 Å². The highest BCUT2D eigenvalue weighted by Gasteiger charge is 2.13. The normalized spacial score (nSPS) is 10.5. The van der Waals surface area contributed by atoms with Crippen LogP contribution in [0.15, 0.2) is 38.9 Å². The maximum Gasteiger partial charge on any atom is 0.336 e. The van der Waals surface area contributed by atoms with Gasteiger partial charge in [0.15, 0.2) is 5.82 Å². The molecule has 98 valence electrons. The van der Waals surface area contributed by atoms with Crippen molar-refractivity contribution in [3.05, 3.63) is 46.1 Å². The highest BCUT2D eigenvalue weighted by molar-refractivity contribution is 9.10. The van der Waals surface area contributed by atoms with Crippen LogP contribution in [0.1, 0.15) is 16.1 Å². The molecule has 0 spiro atoms. The topological polar surface area (TPSA) is 63.1 Å². The summed E-state index contributed by atoms with van der Waals surface area (Å²) in [5.41, 5.74) is 0.379. The van der Waals surface area contributed by atoms with E-state index in [0.29, 0.717) is 9.37 Å². The molecule has 2 rings (SSSR count). The van der Waals surface area contributed by atoms with Gasteiger partial charge in [-0.3, -0.25) is 0 Å². The Balaban J connectivity index is 2.36. The number of hydrogen-bond donors (Lipinski definition) is 1. The molecule has 4 nitrogen and oxygen atoms in total. The van der Waals surface area contributed by atoms with Crippen LogP contribution in [0.25, 0.3) is 0 Å². The van der Waals surface area contributed by atoms with E-state index < -0.39 is 11.8 Å². The molecular weight excluding hydrogens is 335 g/mol. The molecule has 19 heavy (non-hydrogen) atoms. The molecule has 0 radical (unpaired) electrons. The van der Waals surface area contributed by atoms with E-state index in [1.165, 1.54) is 12.4 Å². The first-order valence-electron chi connectivity index (χ1n) is 5.17. The first-order valence-corrected chi connectivity index (χ1v) is 6.78. The predicted molar refractivity (Wildman–Crippen MR) is 72.0 cm³/mol. The average molecular weight is 343 g/mol. The van der Waals surface area contributed by atoms with Crippen molar-refractivity contribution >= 4 is 33.7 Å². The van der Waals surface area contributed by atoms with Crippen LogP contribution in [-0.2, 0) is 0 Å². The summed E-state index contributed by atoms with van der Waals surface area (Å²) in [5.74, 6) is -1.54. The molecule has 0 aliphatic carbocycles. The van der Waals surface area contributed by atoms with Gasteiger partial charge in [-0.05, 0) is 41.1 Å². The lowest BCUT2D eigenvalue weighted by atomic mass is 10.2. The van der Waals surface area contributed by atoms with Crippen molar-refractivity contribution < 1.29 is 14.3 Å². The second-order valence-electron chi connectivity index (χ2n) is 3.63. The molecule has 0 unspecified atom stereocenters.